The van der Waals surface area contributed by atoms with E-state index in [9.17, 15) is 14.4 Å². The van der Waals surface area contributed by atoms with Crippen molar-refractivity contribution in [1.29, 1.82) is 0 Å². The molecule has 35 heavy (non-hydrogen) atoms. The number of nitrogens with one attached hydrogen (secondary N) is 1. The maximum atomic E-state index is 15.5. The third-order valence-corrected chi connectivity index (χ3v) is 6.99. The van der Waals surface area contributed by atoms with Crippen molar-refractivity contribution in [2.45, 2.75) is 77.2 Å². The molecule has 2 atom stereocenters. The van der Waals surface area contributed by atoms with Crippen molar-refractivity contribution < 1.29 is 18.7 Å². The van der Waals surface area contributed by atoms with E-state index in [1.165, 1.54) is 4.57 Å². The second-order valence-electron chi connectivity index (χ2n) is 10.6. The van der Waals surface area contributed by atoms with Gasteiger partial charge < -0.3 is 25.5 Å². The maximum absolute atomic E-state index is 15.5. The zero-order valence-electron chi connectivity index (χ0n) is 21.1. The number of benzene rings is 1. The average Bonchev–Trinajstić information content (AvgIpc) is 3.50. The fourth-order valence-electron chi connectivity index (χ4n) is 5.03. The predicted octanol–water partition coefficient (Wildman–Crippen LogP) is 2.17. The Morgan fingerprint density at radius 2 is 1.97 bits per heavy atom. The summed E-state index contributed by atoms with van der Waals surface area (Å²) in [4.78, 5) is 39.7. The molecule has 10 nitrogen and oxygen atoms in total. The summed E-state index contributed by atoms with van der Waals surface area (Å²) in [7, 11) is 1.56. The van der Waals surface area contributed by atoms with Crippen LogP contribution in [0.3, 0.4) is 0 Å². The number of carbonyl (C=O) groups excluding carboxylic acids is 1. The summed E-state index contributed by atoms with van der Waals surface area (Å²) in [6.45, 7) is 9.65. The number of nitrogen functional groups attached to an aromatic ring is 1. The largest absolute Gasteiger partial charge is 0.444 e. The van der Waals surface area contributed by atoms with Gasteiger partial charge in [0, 0.05) is 31.8 Å². The zero-order chi connectivity index (χ0) is 25.9. The lowest BCUT2D eigenvalue weighted by molar-refractivity contribution is -0.0227. The molecule has 1 saturated heterocycles. The first-order valence-corrected chi connectivity index (χ1v) is 11.8. The highest BCUT2D eigenvalue weighted by Crippen LogP contribution is 2.40. The zero-order valence-corrected chi connectivity index (χ0v) is 21.1. The molecule has 2 aromatic rings. The monoisotopic (exact) mass is 491 g/mol. The van der Waals surface area contributed by atoms with Gasteiger partial charge in [0.25, 0.3) is 5.56 Å². The number of hydrogen-bond donors (Lipinski definition) is 2. The first-order valence-electron chi connectivity index (χ1n) is 11.8. The SMILES string of the molecule is COC1(C(C)NC(=O)OC(C)(C)C)CCN(c2c(F)cc3c(=O)n(N)c(=O)n(C4CC4)c3c2C)C1. The molecule has 1 saturated carbocycles. The highest BCUT2D eigenvalue weighted by atomic mass is 19.1. The van der Waals surface area contributed by atoms with Crippen LogP contribution in [0.4, 0.5) is 14.9 Å². The van der Waals surface area contributed by atoms with Gasteiger partial charge >= 0.3 is 11.8 Å². The van der Waals surface area contributed by atoms with Crippen molar-refractivity contribution >= 4 is 22.7 Å². The summed E-state index contributed by atoms with van der Waals surface area (Å²) in [5.41, 5.74) is -1.54. The number of ether oxygens (including phenoxy) is 2. The van der Waals surface area contributed by atoms with Crippen molar-refractivity contribution in [2.75, 3.05) is 30.9 Å². The number of hydrogen-bond acceptors (Lipinski definition) is 7. The summed E-state index contributed by atoms with van der Waals surface area (Å²) >= 11 is 0. The molecule has 192 valence electrons. The Morgan fingerprint density at radius 1 is 1.31 bits per heavy atom. The number of carbonyl (C=O) groups is 1. The molecular weight excluding hydrogens is 457 g/mol. The van der Waals surface area contributed by atoms with E-state index in [1.807, 2.05) is 11.8 Å². The summed E-state index contributed by atoms with van der Waals surface area (Å²) in [5, 5.41) is 2.92. The molecule has 4 rings (SSSR count). The lowest BCUT2D eigenvalue weighted by atomic mass is 9.94. The van der Waals surface area contributed by atoms with E-state index in [0.29, 0.717) is 41.0 Å². The van der Waals surface area contributed by atoms with Crippen LogP contribution in [0.1, 0.15) is 58.6 Å². The van der Waals surface area contributed by atoms with Gasteiger partial charge in [-0.05, 0) is 59.9 Å². The van der Waals surface area contributed by atoms with Crippen molar-refractivity contribution in [3.63, 3.8) is 0 Å². The molecule has 2 unspecified atom stereocenters. The van der Waals surface area contributed by atoms with E-state index in [2.05, 4.69) is 5.32 Å². The van der Waals surface area contributed by atoms with E-state index in [1.54, 1.807) is 34.8 Å². The Hall–Kier alpha value is -3.08. The van der Waals surface area contributed by atoms with Crippen LogP contribution in [0.25, 0.3) is 10.9 Å². The average molecular weight is 492 g/mol. The minimum Gasteiger partial charge on any atom is -0.444 e. The number of anilines is 1. The number of aromatic nitrogens is 2. The van der Waals surface area contributed by atoms with E-state index in [4.69, 9.17) is 15.3 Å². The summed E-state index contributed by atoms with van der Waals surface area (Å²) in [6, 6.07) is 0.675. The number of nitrogens with zero attached hydrogens (tertiary/aromatic N) is 3. The van der Waals surface area contributed by atoms with Gasteiger partial charge in [-0.2, -0.15) is 4.68 Å². The van der Waals surface area contributed by atoms with E-state index in [-0.39, 0.29) is 11.4 Å². The van der Waals surface area contributed by atoms with Gasteiger partial charge in [0.15, 0.2) is 0 Å². The van der Waals surface area contributed by atoms with Crippen LogP contribution >= 0.6 is 0 Å². The van der Waals surface area contributed by atoms with Crippen LogP contribution in [-0.2, 0) is 9.47 Å². The van der Waals surface area contributed by atoms with Gasteiger partial charge in [0.2, 0.25) is 0 Å². The van der Waals surface area contributed by atoms with Crippen LogP contribution in [-0.4, -0.2) is 52.8 Å². The molecule has 1 aromatic carbocycles. The number of amides is 1. The minimum absolute atomic E-state index is 0.0629. The predicted molar refractivity (Wildman–Crippen MR) is 131 cm³/mol. The molecule has 2 aliphatic rings. The number of rotatable bonds is 5. The fraction of sp³-hybridized carbons (Fsp3) is 0.625. The molecule has 1 aliphatic heterocycles. The van der Waals surface area contributed by atoms with Crippen molar-refractivity contribution in [1.82, 2.24) is 14.6 Å². The number of alkyl carbamates (subject to hydrolysis) is 1. The molecule has 2 heterocycles. The third-order valence-electron chi connectivity index (χ3n) is 6.99. The Bertz CT molecular complexity index is 1290. The van der Waals surface area contributed by atoms with Crippen LogP contribution in [0.15, 0.2) is 15.7 Å². The molecule has 11 heteroatoms. The van der Waals surface area contributed by atoms with Crippen LogP contribution in [0, 0.1) is 12.7 Å². The first-order chi connectivity index (χ1) is 16.3. The van der Waals surface area contributed by atoms with E-state index in [0.717, 1.165) is 18.9 Å². The topological polar surface area (TPSA) is 121 Å². The van der Waals surface area contributed by atoms with Crippen LogP contribution < -0.4 is 27.3 Å². The molecule has 0 bridgehead atoms. The number of methoxy groups -OCH3 is 1. The van der Waals surface area contributed by atoms with Gasteiger partial charge in [-0.25, -0.2) is 14.0 Å². The lowest BCUT2D eigenvalue weighted by Crippen LogP contribution is -2.54. The van der Waals surface area contributed by atoms with Gasteiger partial charge in [0.05, 0.1) is 22.6 Å². The second-order valence-corrected chi connectivity index (χ2v) is 10.6. The maximum Gasteiger partial charge on any atom is 0.407 e. The standard InChI is InChI=1S/C24H34FN5O5/c1-13-18-16(20(31)30(26)22(33)29(18)15-7-8-15)11-17(25)19(13)28-10-9-24(12-28,34-6)14(2)27-21(32)35-23(3,4)5/h11,14-15H,7-10,12,26H2,1-6H3,(H,27,32). The summed E-state index contributed by atoms with van der Waals surface area (Å²) in [5.74, 6) is 5.14. The normalized spacial score (nSPS) is 21.4. The number of fused-ring (bicyclic) bond motifs is 1. The molecule has 2 fully saturated rings. The minimum atomic E-state index is -0.790. The molecular formula is C24H34FN5O5. The molecule has 1 aromatic heterocycles. The number of aryl methyl sites for hydroxylation is 1. The number of halogens is 1. The highest BCUT2D eigenvalue weighted by molar-refractivity contribution is 5.87. The summed E-state index contributed by atoms with van der Waals surface area (Å²) < 4.78 is 28.8. The van der Waals surface area contributed by atoms with Crippen molar-refractivity contribution in [3.05, 3.63) is 38.3 Å². The van der Waals surface area contributed by atoms with Gasteiger partial charge in [0.1, 0.15) is 17.0 Å². The fourth-order valence-corrected chi connectivity index (χ4v) is 5.03. The van der Waals surface area contributed by atoms with Gasteiger partial charge in [-0.15, -0.1) is 0 Å². The molecule has 0 spiro atoms. The van der Waals surface area contributed by atoms with E-state index < -0.39 is 40.4 Å². The van der Waals surface area contributed by atoms with Crippen LogP contribution in [0.5, 0.6) is 0 Å². The molecule has 1 amide bonds. The first kappa shape index (κ1) is 25.0. The molecule has 3 N–H and O–H groups in total. The molecule has 0 radical (unpaired) electrons. The number of nitrogens with two attached hydrogens (primary N) is 1. The lowest BCUT2D eigenvalue weighted by Gasteiger charge is -2.35. The van der Waals surface area contributed by atoms with E-state index >= 15 is 4.39 Å². The highest BCUT2D eigenvalue weighted by Gasteiger charge is 2.45. The Balaban J connectivity index is 1.72. The molecule has 1 aliphatic carbocycles. The quantitative estimate of drug-likeness (QED) is 0.615. The second kappa shape index (κ2) is 8.54. The third kappa shape index (κ3) is 4.37. The van der Waals surface area contributed by atoms with Crippen molar-refractivity contribution in [3.8, 4) is 0 Å². The Labute approximate surface area is 202 Å². The summed E-state index contributed by atoms with van der Waals surface area (Å²) in [6.07, 6.45) is 1.56. The van der Waals surface area contributed by atoms with Gasteiger partial charge in [-0.3, -0.25) is 9.36 Å². The Morgan fingerprint density at radius 3 is 2.54 bits per heavy atom. The van der Waals surface area contributed by atoms with Gasteiger partial charge in [-0.1, -0.05) is 0 Å². The smallest absolute Gasteiger partial charge is 0.407 e. The Kier molecular flexibility index (Phi) is 6.11. The van der Waals surface area contributed by atoms with Crippen molar-refractivity contribution in [2.24, 2.45) is 0 Å². The van der Waals surface area contributed by atoms with Crippen LogP contribution in [0.2, 0.25) is 0 Å².